The summed E-state index contributed by atoms with van der Waals surface area (Å²) < 4.78 is 39.9. The molecular weight excluding hydrogens is 349 g/mol. The van der Waals surface area contributed by atoms with Crippen molar-refractivity contribution in [3.63, 3.8) is 0 Å². The number of aliphatic hydroxyl groups excluding tert-OH is 1. The Kier molecular flexibility index (Phi) is 5.81. The number of nitrogen functional groups attached to an aromatic ring is 1. The highest BCUT2D eigenvalue weighted by molar-refractivity contribution is 6.11. The average molecular weight is 370 g/mol. The normalized spacial score (nSPS) is 12.9. The Balaban J connectivity index is 0.00000364. The summed E-state index contributed by atoms with van der Waals surface area (Å²) in [6, 6.07) is 4.17. The molecule has 142 valence electrons. The molecule has 2 rings (SSSR count). The second kappa shape index (κ2) is 7.69. The Labute approximate surface area is 149 Å². The number of aliphatic hydroxyl groups is 1. The highest BCUT2D eigenvalue weighted by atomic mass is 19.4. The van der Waals surface area contributed by atoms with Crippen molar-refractivity contribution in [2.75, 3.05) is 17.7 Å². The van der Waals surface area contributed by atoms with Crippen molar-refractivity contribution in [1.29, 1.82) is 0 Å². The zero-order valence-corrected chi connectivity index (χ0v) is 14.2. The quantitative estimate of drug-likeness (QED) is 0.676. The van der Waals surface area contributed by atoms with Crippen LogP contribution >= 0.6 is 0 Å². The monoisotopic (exact) mass is 370 g/mol. The van der Waals surface area contributed by atoms with E-state index in [0.717, 1.165) is 12.1 Å². The molecule has 0 spiro atoms. The molecule has 0 aliphatic carbocycles. The number of alkyl halides is 3. The minimum atomic E-state index is -4.76. The van der Waals surface area contributed by atoms with Gasteiger partial charge in [0.2, 0.25) is 5.78 Å². The van der Waals surface area contributed by atoms with Gasteiger partial charge in [0, 0.05) is 7.62 Å². The first kappa shape index (κ1) is 19.6. The summed E-state index contributed by atoms with van der Waals surface area (Å²) in [7, 11) is 0. The maximum Gasteiger partial charge on any atom is 0.418 e. The van der Waals surface area contributed by atoms with Gasteiger partial charge in [-0.05, 0) is 30.2 Å². The van der Waals surface area contributed by atoms with Crippen LogP contribution in [0.2, 0.25) is 0 Å². The van der Waals surface area contributed by atoms with Crippen LogP contribution in [0.25, 0.3) is 0 Å². The average Bonchev–Trinajstić information content (AvgIpc) is 2.58. The van der Waals surface area contributed by atoms with Gasteiger partial charge in [-0.15, -0.1) is 0 Å². The highest BCUT2D eigenvalue weighted by Gasteiger charge is 2.37. The molecule has 26 heavy (non-hydrogen) atoms. The van der Waals surface area contributed by atoms with E-state index in [4.69, 9.17) is 5.73 Å². The van der Waals surface area contributed by atoms with E-state index < -0.39 is 29.3 Å². The second-order valence-electron chi connectivity index (χ2n) is 6.03. The fourth-order valence-electron chi connectivity index (χ4n) is 2.29. The van der Waals surface area contributed by atoms with Gasteiger partial charge in [-0.25, -0.2) is 9.97 Å². The number of carbonyl (C=O) groups excluding carboxylic acids is 1. The predicted octanol–water partition coefficient (Wildman–Crippen LogP) is 2.98. The largest absolute Gasteiger partial charge is 0.418 e. The molecule has 0 fully saturated rings. The number of pyridine rings is 2. The molecule has 1 unspecified atom stereocenters. The van der Waals surface area contributed by atoms with Gasteiger partial charge in [-0.3, -0.25) is 4.79 Å². The molecule has 0 radical (unpaired) electrons. The third kappa shape index (κ3) is 4.29. The van der Waals surface area contributed by atoms with Crippen molar-refractivity contribution in [1.82, 2.24) is 9.97 Å². The van der Waals surface area contributed by atoms with Crippen LogP contribution in [-0.2, 0) is 6.18 Å². The van der Waals surface area contributed by atoms with E-state index in [1.807, 2.05) is 13.8 Å². The molecule has 2 aromatic heterocycles. The van der Waals surface area contributed by atoms with Crippen molar-refractivity contribution in [2.45, 2.75) is 26.1 Å². The Morgan fingerprint density at radius 1 is 1.35 bits per heavy atom. The molecule has 0 aromatic carbocycles. The van der Waals surface area contributed by atoms with Crippen LogP contribution in [0.3, 0.4) is 0 Å². The van der Waals surface area contributed by atoms with Gasteiger partial charge in [0.05, 0.1) is 23.8 Å². The molecule has 6 nitrogen and oxygen atoms in total. The fourth-order valence-corrected chi connectivity index (χ4v) is 2.29. The van der Waals surface area contributed by atoms with Crippen molar-refractivity contribution in [2.24, 2.45) is 5.92 Å². The van der Waals surface area contributed by atoms with E-state index in [1.54, 1.807) is 0 Å². The first-order valence-electron chi connectivity index (χ1n) is 7.86. The molecule has 2 heterocycles. The number of anilines is 2. The molecule has 2 aromatic rings. The van der Waals surface area contributed by atoms with Crippen LogP contribution < -0.4 is 11.1 Å². The number of nitrogens with one attached hydrogen (secondary N) is 1. The smallest absolute Gasteiger partial charge is 0.394 e. The van der Waals surface area contributed by atoms with Gasteiger partial charge in [0.1, 0.15) is 17.3 Å². The summed E-state index contributed by atoms with van der Waals surface area (Å²) in [5.74, 6) is -1.10. The molecule has 0 aliphatic rings. The maximum absolute atomic E-state index is 13.3. The Hall–Kier alpha value is -2.68. The standard InChI is InChI=1S/C17H19F3N4O2.H2/c1-9(2)12(8-25)23-13-6-5-11(17(18,19)20)14(24-13)15(26)10-4-3-7-22-16(10)21;/h3-7,9,12,25H,8H2,1-2H3,(H2,21,22)(H,23,24);1H. The first-order chi connectivity index (χ1) is 12.1. The number of ketones is 1. The van der Waals surface area contributed by atoms with Gasteiger partial charge >= 0.3 is 6.18 Å². The molecule has 1 atom stereocenters. The number of hydrogen-bond donors (Lipinski definition) is 3. The molecule has 0 amide bonds. The van der Waals surface area contributed by atoms with Crippen LogP contribution in [0, 0.1) is 5.92 Å². The molecule has 0 saturated heterocycles. The number of halogens is 3. The topological polar surface area (TPSA) is 101 Å². The van der Waals surface area contributed by atoms with Crippen LogP contribution in [-0.4, -0.2) is 33.5 Å². The molecule has 4 N–H and O–H groups in total. The number of nitrogens with zero attached hydrogens (tertiary/aromatic N) is 2. The number of rotatable bonds is 6. The predicted molar refractivity (Wildman–Crippen MR) is 92.8 cm³/mol. The van der Waals surface area contributed by atoms with Crippen LogP contribution in [0.5, 0.6) is 0 Å². The number of nitrogens with two attached hydrogens (primary N) is 1. The van der Waals surface area contributed by atoms with Crippen molar-refractivity contribution in [3.05, 3.63) is 47.3 Å². The van der Waals surface area contributed by atoms with Gasteiger partial charge in [-0.1, -0.05) is 13.8 Å². The highest BCUT2D eigenvalue weighted by Crippen LogP contribution is 2.33. The fraction of sp³-hybridized carbons (Fsp3) is 0.353. The zero-order chi connectivity index (χ0) is 19.5. The summed E-state index contributed by atoms with van der Waals surface area (Å²) in [4.78, 5) is 20.2. The summed E-state index contributed by atoms with van der Waals surface area (Å²) in [6.07, 6.45) is -3.43. The van der Waals surface area contributed by atoms with E-state index in [-0.39, 0.29) is 31.2 Å². The van der Waals surface area contributed by atoms with Gasteiger partial charge in [0.25, 0.3) is 0 Å². The van der Waals surface area contributed by atoms with Crippen LogP contribution in [0.15, 0.2) is 30.5 Å². The van der Waals surface area contributed by atoms with E-state index in [2.05, 4.69) is 15.3 Å². The summed E-state index contributed by atoms with van der Waals surface area (Å²) in [5.41, 5.74) is 3.51. The summed E-state index contributed by atoms with van der Waals surface area (Å²) >= 11 is 0. The second-order valence-corrected chi connectivity index (χ2v) is 6.03. The minimum absolute atomic E-state index is 0. The van der Waals surface area contributed by atoms with E-state index in [9.17, 15) is 23.1 Å². The third-order valence-electron chi connectivity index (χ3n) is 3.83. The van der Waals surface area contributed by atoms with Crippen molar-refractivity contribution < 1.29 is 24.5 Å². The molecule has 0 saturated carbocycles. The third-order valence-corrected chi connectivity index (χ3v) is 3.83. The van der Waals surface area contributed by atoms with Gasteiger partial charge in [-0.2, -0.15) is 13.2 Å². The van der Waals surface area contributed by atoms with Crippen LogP contribution in [0.4, 0.5) is 24.8 Å². The molecule has 0 aliphatic heterocycles. The summed E-state index contributed by atoms with van der Waals surface area (Å²) in [6.45, 7) is 3.43. The van der Waals surface area contributed by atoms with Crippen molar-refractivity contribution in [3.8, 4) is 0 Å². The Bertz CT molecular complexity index is 800. The number of aromatic nitrogens is 2. The maximum atomic E-state index is 13.3. The molecule has 9 heteroatoms. The van der Waals surface area contributed by atoms with Crippen molar-refractivity contribution >= 4 is 17.4 Å². The van der Waals surface area contributed by atoms with Crippen LogP contribution in [0.1, 0.15) is 36.9 Å². The van der Waals surface area contributed by atoms with Gasteiger partial charge in [0.15, 0.2) is 0 Å². The lowest BCUT2D eigenvalue weighted by molar-refractivity contribution is -0.138. The number of carbonyl (C=O) groups is 1. The Morgan fingerprint density at radius 3 is 2.58 bits per heavy atom. The SMILES string of the molecule is CC(C)C(CO)Nc1ccc(C(F)(F)F)c(C(=O)c2cccnc2N)n1.[HH]. The lowest BCUT2D eigenvalue weighted by atomic mass is 10.0. The first-order valence-corrected chi connectivity index (χ1v) is 7.86. The Morgan fingerprint density at radius 2 is 2.04 bits per heavy atom. The minimum Gasteiger partial charge on any atom is -0.394 e. The summed E-state index contributed by atoms with van der Waals surface area (Å²) in [5, 5.41) is 12.2. The molecular formula is C17H21F3N4O2. The number of hydrogen-bond acceptors (Lipinski definition) is 6. The van der Waals surface area contributed by atoms with Gasteiger partial charge < -0.3 is 16.2 Å². The van der Waals surface area contributed by atoms with E-state index >= 15 is 0 Å². The van der Waals surface area contributed by atoms with E-state index in [1.165, 1.54) is 18.3 Å². The lowest BCUT2D eigenvalue weighted by Crippen LogP contribution is -2.30. The molecule has 0 bridgehead atoms. The zero-order valence-electron chi connectivity index (χ0n) is 14.2. The lowest BCUT2D eigenvalue weighted by Gasteiger charge is -2.21. The van der Waals surface area contributed by atoms with E-state index in [0.29, 0.717) is 0 Å².